The van der Waals surface area contributed by atoms with Gasteiger partial charge in [-0.05, 0) is 31.4 Å². The molecule has 3 N–H and O–H groups in total. The Kier molecular flexibility index (Phi) is 3.86. The first-order valence-electron chi connectivity index (χ1n) is 7.67. The van der Waals surface area contributed by atoms with Crippen LogP contribution in [0.25, 0.3) is 0 Å². The van der Waals surface area contributed by atoms with Gasteiger partial charge in [0.15, 0.2) is 0 Å². The summed E-state index contributed by atoms with van der Waals surface area (Å²) in [5.41, 5.74) is 5.98. The van der Waals surface area contributed by atoms with Crippen LogP contribution in [0.15, 0.2) is 18.3 Å². The van der Waals surface area contributed by atoms with E-state index in [1.807, 2.05) is 18.3 Å². The van der Waals surface area contributed by atoms with Gasteiger partial charge >= 0.3 is 6.03 Å². The number of hydrogen-bond donors (Lipinski definition) is 2. The van der Waals surface area contributed by atoms with Crippen molar-refractivity contribution >= 4 is 11.9 Å². The van der Waals surface area contributed by atoms with E-state index in [0.717, 1.165) is 25.0 Å². The highest BCUT2D eigenvalue weighted by atomic mass is 16.2. The summed E-state index contributed by atoms with van der Waals surface area (Å²) in [6, 6.07) is 3.83. The second-order valence-corrected chi connectivity index (χ2v) is 5.98. The molecule has 3 rings (SSSR count). The second kappa shape index (κ2) is 5.79. The number of aromatic nitrogens is 1. The van der Waals surface area contributed by atoms with Crippen LogP contribution in [0.3, 0.4) is 0 Å². The Hall–Kier alpha value is -1.98. The molecule has 3 amide bonds. The van der Waals surface area contributed by atoms with Crippen molar-refractivity contribution in [2.24, 2.45) is 5.73 Å². The first-order valence-corrected chi connectivity index (χ1v) is 7.67. The maximum absolute atomic E-state index is 12.4. The van der Waals surface area contributed by atoms with Crippen LogP contribution in [-0.2, 0) is 0 Å². The van der Waals surface area contributed by atoms with E-state index < -0.39 is 6.03 Å². The van der Waals surface area contributed by atoms with Crippen LogP contribution < -0.4 is 11.1 Å². The van der Waals surface area contributed by atoms with Gasteiger partial charge in [0.2, 0.25) is 0 Å². The van der Waals surface area contributed by atoms with Crippen molar-refractivity contribution in [3.8, 4) is 0 Å². The summed E-state index contributed by atoms with van der Waals surface area (Å²) in [6.45, 7) is 1.12. The highest BCUT2D eigenvalue weighted by Crippen LogP contribution is 2.30. The molecule has 0 aromatic carbocycles. The topological polar surface area (TPSA) is 80.4 Å². The van der Waals surface area contributed by atoms with Gasteiger partial charge < -0.3 is 20.5 Å². The molecule has 2 aliphatic rings. The van der Waals surface area contributed by atoms with E-state index in [-0.39, 0.29) is 11.9 Å². The summed E-state index contributed by atoms with van der Waals surface area (Å²) < 4.78 is 2.10. The van der Waals surface area contributed by atoms with Gasteiger partial charge in [0.25, 0.3) is 5.91 Å². The molecule has 0 bridgehead atoms. The van der Waals surface area contributed by atoms with Crippen LogP contribution in [-0.4, -0.2) is 40.5 Å². The molecule has 114 valence electrons. The molecule has 0 radical (unpaired) electrons. The molecule has 1 atom stereocenters. The van der Waals surface area contributed by atoms with Gasteiger partial charge in [-0.2, -0.15) is 0 Å². The summed E-state index contributed by atoms with van der Waals surface area (Å²) in [7, 11) is 0. The molecule has 1 aromatic heterocycles. The number of carbonyl (C=O) groups excluding carboxylic acids is 2. The lowest BCUT2D eigenvalue weighted by Crippen LogP contribution is -2.40. The molecule has 0 unspecified atom stereocenters. The van der Waals surface area contributed by atoms with E-state index in [2.05, 4.69) is 9.88 Å². The van der Waals surface area contributed by atoms with Crippen LogP contribution in [0.5, 0.6) is 0 Å². The number of urea groups is 1. The molecule has 2 heterocycles. The van der Waals surface area contributed by atoms with Crippen molar-refractivity contribution in [2.45, 2.75) is 44.2 Å². The number of nitrogens with zero attached hydrogens (tertiary/aromatic N) is 2. The minimum absolute atomic E-state index is 0.00284. The van der Waals surface area contributed by atoms with Crippen molar-refractivity contribution in [1.82, 2.24) is 14.8 Å². The third-order valence-corrected chi connectivity index (χ3v) is 4.56. The molecule has 1 saturated carbocycles. The Morgan fingerprint density at radius 3 is 2.67 bits per heavy atom. The standard InChI is InChI=1S/C15H22N4O2/c16-15(21)18-9-7-11(10-18)17-14(20)13-6-3-8-19(13)12-4-1-2-5-12/h3,6,8,11-12H,1-2,4-5,7,9-10H2,(H2,16,21)(H,17,20)/t11-/m0/s1. The van der Waals surface area contributed by atoms with Gasteiger partial charge in [0.05, 0.1) is 0 Å². The molecule has 21 heavy (non-hydrogen) atoms. The zero-order valence-corrected chi connectivity index (χ0v) is 12.1. The van der Waals surface area contributed by atoms with Crippen LogP contribution in [0.1, 0.15) is 48.6 Å². The smallest absolute Gasteiger partial charge is 0.314 e. The highest BCUT2D eigenvalue weighted by molar-refractivity contribution is 5.93. The molecular weight excluding hydrogens is 268 g/mol. The largest absolute Gasteiger partial charge is 0.351 e. The summed E-state index contributed by atoms with van der Waals surface area (Å²) in [4.78, 5) is 25.1. The molecule has 0 spiro atoms. The molecule has 6 nitrogen and oxygen atoms in total. The lowest BCUT2D eigenvalue weighted by atomic mass is 10.2. The van der Waals surface area contributed by atoms with E-state index in [1.165, 1.54) is 12.8 Å². The molecule has 1 saturated heterocycles. The average Bonchev–Trinajstić information content (AvgIpc) is 3.19. The predicted octanol–water partition coefficient (Wildman–Crippen LogP) is 1.49. The number of rotatable bonds is 3. The third kappa shape index (κ3) is 2.89. The van der Waals surface area contributed by atoms with E-state index in [0.29, 0.717) is 19.1 Å². The highest BCUT2D eigenvalue weighted by Gasteiger charge is 2.28. The van der Waals surface area contributed by atoms with Gasteiger partial charge in [-0.3, -0.25) is 4.79 Å². The number of hydrogen-bond acceptors (Lipinski definition) is 2. The van der Waals surface area contributed by atoms with Crippen molar-refractivity contribution in [3.63, 3.8) is 0 Å². The predicted molar refractivity (Wildman–Crippen MR) is 79.0 cm³/mol. The van der Waals surface area contributed by atoms with Gasteiger partial charge in [-0.15, -0.1) is 0 Å². The molecule has 1 aliphatic carbocycles. The second-order valence-electron chi connectivity index (χ2n) is 5.98. The molecule has 1 aliphatic heterocycles. The maximum atomic E-state index is 12.4. The SMILES string of the molecule is NC(=O)N1CC[C@H](NC(=O)c2cccn2C2CCCC2)C1. The third-order valence-electron chi connectivity index (χ3n) is 4.56. The monoisotopic (exact) mass is 290 g/mol. The van der Waals surface area contributed by atoms with Gasteiger partial charge in [0.1, 0.15) is 5.69 Å². The number of primary amides is 1. The number of nitrogens with two attached hydrogens (primary N) is 1. The quantitative estimate of drug-likeness (QED) is 0.884. The lowest BCUT2D eigenvalue weighted by molar-refractivity contribution is 0.0926. The first-order chi connectivity index (χ1) is 10.1. The molecular formula is C15H22N4O2. The zero-order chi connectivity index (χ0) is 14.8. The van der Waals surface area contributed by atoms with E-state index in [4.69, 9.17) is 5.73 Å². The number of likely N-dealkylation sites (tertiary alicyclic amines) is 1. The molecule has 2 fully saturated rings. The molecule has 6 heteroatoms. The van der Waals surface area contributed by atoms with Crippen molar-refractivity contribution < 1.29 is 9.59 Å². The van der Waals surface area contributed by atoms with E-state index >= 15 is 0 Å². The Bertz CT molecular complexity index is 534. The number of carbonyl (C=O) groups is 2. The van der Waals surface area contributed by atoms with E-state index in [1.54, 1.807) is 4.90 Å². The van der Waals surface area contributed by atoms with Crippen LogP contribution in [0.4, 0.5) is 4.79 Å². The summed E-state index contributed by atoms with van der Waals surface area (Å²) >= 11 is 0. The minimum atomic E-state index is -0.416. The summed E-state index contributed by atoms with van der Waals surface area (Å²) in [5, 5.41) is 3.02. The summed E-state index contributed by atoms with van der Waals surface area (Å²) in [5.74, 6) is -0.0526. The first kappa shape index (κ1) is 14.0. The lowest BCUT2D eigenvalue weighted by Gasteiger charge is -2.18. The van der Waals surface area contributed by atoms with Crippen LogP contribution >= 0.6 is 0 Å². The fraction of sp³-hybridized carbons (Fsp3) is 0.600. The van der Waals surface area contributed by atoms with Crippen molar-refractivity contribution in [3.05, 3.63) is 24.0 Å². The minimum Gasteiger partial charge on any atom is -0.351 e. The van der Waals surface area contributed by atoms with Gasteiger partial charge in [-0.25, -0.2) is 4.79 Å². The Labute approximate surface area is 124 Å². The fourth-order valence-electron chi connectivity index (χ4n) is 3.42. The zero-order valence-electron chi connectivity index (χ0n) is 12.1. The van der Waals surface area contributed by atoms with Gasteiger partial charge in [-0.1, -0.05) is 12.8 Å². The Morgan fingerprint density at radius 1 is 1.24 bits per heavy atom. The van der Waals surface area contributed by atoms with Crippen molar-refractivity contribution in [2.75, 3.05) is 13.1 Å². The summed E-state index contributed by atoms with van der Waals surface area (Å²) in [6.07, 6.45) is 7.52. The normalized spacial score (nSPS) is 22.7. The Morgan fingerprint density at radius 2 is 2.00 bits per heavy atom. The van der Waals surface area contributed by atoms with Gasteiger partial charge in [0, 0.05) is 31.4 Å². The maximum Gasteiger partial charge on any atom is 0.314 e. The van der Waals surface area contributed by atoms with E-state index in [9.17, 15) is 9.59 Å². The van der Waals surface area contributed by atoms with Crippen LogP contribution in [0.2, 0.25) is 0 Å². The Balaban J connectivity index is 1.64. The van der Waals surface area contributed by atoms with Crippen molar-refractivity contribution in [1.29, 1.82) is 0 Å². The number of nitrogens with one attached hydrogen (secondary N) is 1. The average molecular weight is 290 g/mol. The van der Waals surface area contributed by atoms with Crippen LogP contribution in [0, 0.1) is 0 Å². The number of amides is 3. The molecule has 1 aromatic rings. The fourth-order valence-corrected chi connectivity index (χ4v) is 3.42.